The zero-order valence-corrected chi connectivity index (χ0v) is 15.8. The number of carbonyl (C=O) groups excluding carboxylic acids is 2. The van der Waals surface area contributed by atoms with Crippen molar-refractivity contribution in [2.24, 2.45) is 5.92 Å². The molecule has 0 bridgehead atoms. The van der Waals surface area contributed by atoms with E-state index in [2.05, 4.69) is 13.8 Å². The van der Waals surface area contributed by atoms with Gasteiger partial charge in [0.1, 0.15) is 5.82 Å². The van der Waals surface area contributed by atoms with Crippen molar-refractivity contribution in [2.45, 2.75) is 32.9 Å². The van der Waals surface area contributed by atoms with Gasteiger partial charge in [0.25, 0.3) is 5.91 Å². The maximum absolute atomic E-state index is 13.2. The van der Waals surface area contributed by atoms with Crippen LogP contribution in [0.4, 0.5) is 4.39 Å². The number of nitrogens with zero attached hydrogens (tertiary/aromatic N) is 2. The summed E-state index contributed by atoms with van der Waals surface area (Å²) in [5, 5.41) is 1.89. The second-order valence-electron chi connectivity index (χ2n) is 6.94. The van der Waals surface area contributed by atoms with Gasteiger partial charge in [-0.05, 0) is 35.1 Å². The minimum absolute atomic E-state index is 0.0120. The molecule has 1 aromatic heterocycles. The van der Waals surface area contributed by atoms with Crippen molar-refractivity contribution in [3.05, 3.63) is 58.0 Å². The van der Waals surface area contributed by atoms with Gasteiger partial charge in [-0.2, -0.15) is 0 Å². The molecule has 6 heteroatoms. The van der Waals surface area contributed by atoms with Crippen molar-refractivity contribution >= 4 is 23.2 Å². The van der Waals surface area contributed by atoms with Crippen molar-refractivity contribution in [1.82, 2.24) is 9.80 Å². The van der Waals surface area contributed by atoms with Gasteiger partial charge in [-0.15, -0.1) is 11.3 Å². The zero-order valence-electron chi connectivity index (χ0n) is 15.0. The molecule has 4 nitrogen and oxygen atoms in total. The van der Waals surface area contributed by atoms with Gasteiger partial charge < -0.3 is 9.80 Å². The quantitative estimate of drug-likeness (QED) is 0.817. The topological polar surface area (TPSA) is 40.6 Å². The van der Waals surface area contributed by atoms with E-state index in [9.17, 15) is 14.0 Å². The van der Waals surface area contributed by atoms with Crippen LogP contribution in [0.2, 0.25) is 0 Å². The van der Waals surface area contributed by atoms with Crippen LogP contribution in [0.5, 0.6) is 0 Å². The first kappa shape index (κ1) is 18.6. The van der Waals surface area contributed by atoms with Gasteiger partial charge in [-0.1, -0.05) is 32.0 Å². The van der Waals surface area contributed by atoms with Crippen molar-refractivity contribution in [1.29, 1.82) is 0 Å². The Morgan fingerprint density at radius 1 is 1.27 bits per heavy atom. The second kappa shape index (κ2) is 7.99. The Balaban J connectivity index is 1.81. The van der Waals surface area contributed by atoms with Gasteiger partial charge in [0.2, 0.25) is 5.91 Å². The Kier molecular flexibility index (Phi) is 5.71. The van der Waals surface area contributed by atoms with E-state index in [4.69, 9.17) is 0 Å². The van der Waals surface area contributed by atoms with Crippen LogP contribution in [-0.4, -0.2) is 40.7 Å². The van der Waals surface area contributed by atoms with E-state index in [-0.39, 0.29) is 29.6 Å². The van der Waals surface area contributed by atoms with E-state index >= 15 is 0 Å². The minimum atomic E-state index is -0.288. The molecule has 0 N–H and O–H groups in total. The first-order valence-corrected chi connectivity index (χ1v) is 9.70. The SMILES string of the molecule is CC(C)[C@@H]1CN(C(=O)c2cccs2)CCC(=O)N1Cc1ccc(F)cc1. The summed E-state index contributed by atoms with van der Waals surface area (Å²) in [5.74, 6) is -0.0585. The first-order chi connectivity index (χ1) is 12.5. The van der Waals surface area contributed by atoms with E-state index in [1.165, 1.54) is 23.5 Å². The molecule has 0 unspecified atom stereocenters. The van der Waals surface area contributed by atoms with E-state index < -0.39 is 0 Å². The number of rotatable bonds is 4. The molecule has 2 amide bonds. The molecule has 1 fully saturated rings. The maximum Gasteiger partial charge on any atom is 0.264 e. The molecule has 0 spiro atoms. The fourth-order valence-corrected chi connectivity index (χ4v) is 3.97. The van der Waals surface area contributed by atoms with Gasteiger partial charge in [0, 0.05) is 26.1 Å². The number of hydrogen-bond donors (Lipinski definition) is 0. The van der Waals surface area contributed by atoms with E-state index in [0.29, 0.717) is 30.9 Å². The molecule has 0 radical (unpaired) electrons. The lowest BCUT2D eigenvalue weighted by molar-refractivity contribution is -0.134. The molecule has 0 saturated carbocycles. The second-order valence-corrected chi connectivity index (χ2v) is 7.89. The highest BCUT2D eigenvalue weighted by molar-refractivity contribution is 7.12. The summed E-state index contributed by atoms with van der Waals surface area (Å²) in [4.78, 5) is 29.9. The summed E-state index contributed by atoms with van der Waals surface area (Å²) >= 11 is 1.42. The van der Waals surface area contributed by atoms with Crippen LogP contribution in [0.3, 0.4) is 0 Å². The Bertz CT molecular complexity index is 759. The predicted octanol–water partition coefficient (Wildman–Crippen LogP) is 3.79. The average Bonchev–Trinajstić information content (AvgIpc) is 3.10. The summed E-state index contributed by atoms with van der Waals surface area (Å²) in [6.45, 7) is 5.51. The normalized spacial score (nSPS) is 18.3. The molecule has 2 heterocycles. The molecule has 1 aliphatic rings. The summed E-state index contributed by atoms with van der Waals surface area (Å²) in [6.07, 6.45) is 0.307. The van der Waals surface area contributed by atoms with Gasteiger partial charge in [0.15, 0.2) is 0 Å². The van der Waals surface area contributed by atoms with Gasteiger partial charge in [-0.25, -0.2) is 4.39 Å². The molecule has 3 rings (SSSR count). The number of benzene rings is 1. The third-order valence-corrected chi connectivity index (χ3v) is 5.64. The highest BCUT2D eigenvalue weighted by Crippen LogP contribution is 2.23. The molecule has 26 heavy (non-hydrogen) atoms. The van der Waals surface area contributed by atoms with Crippen LogP contribution in [0.15, 0.2) is 41.8 Å². The lowest BCUT2D eigenvalue weighted by Gasteiger charge is -2.34. The molecule has 1 saturated heterocycles. The lowest BCUT2D eigenvalue weighted by Crippen LogP contribution is -2.47. The van der Waals surface area contributed by atoms with Crippen molar-refractivity contribution in [3.8, 4) is 0 Å². The van der Waals surface area contributed by atoms with Crippen LogP contribution >= 0.6 is 11.3 Å². The molecule has 0 aliphatic carbocycles. The number of amides is 2. The van der Waals surface area contributed by atoms with Crippen LogP contribution in [0.1, 0.15) is 35.5 Å². The lowest BCUT2D eigenvalue weighted by atomic mass is 10.0. The number of carbonyl (C=O) groups is 2. The van der Waals surface area contributed by atoms with Crippen LogP contribution in [-0.2, 0) is 11.3 Å². The molecule has 2 aromatic rings. The predicted molar refractivity (Wildman–Crippen MR) is 100 cm³/mol. The number of thiophene rings is 1. The monoisotopic (exact) mass is 374 g/mol. The Hall–Kier alpha value is -2.21. The molecular weight excluding hydrogens is 351 g/mol. The van der Waals surface area contributed by atoms with Crippen LogP contribution < -0.4 is 0 Å². The highest BCUT2D eigenvalue weighted by Gasteiger charge is 2.33. The Labute approximate surface area is 157 Å². The maximum atomic E-state index is 13.2. The van der Waals surface area contributed by atoms with Gasteiger partial charge in [0.05, 0.1) is 10.9 Å². The van der Waals surface area contributed by atoms with Gasteiger partial charge in [-0.3, -0.25) is 9.59 Å². The fraction of sp³-hybridized carbons (Fsp3) is 0.400. The van der Waals surface area contributed by atoms with E-state index in [1.807, 2.05) is 22.4 Å². The standard InChI is InChI=1S/C20H23FN2O2S/c1-14(2)17-13-22(20(25)18-4-3-11-26-18)10-9-19(24)23(17)12-15-5-7-16(21)8-6-15/h3-8,11,14,17H,9-10,12-13H2,1-2H3/t17-/m0/s1. The number of halogens is 1. The minimum Gasteiger partial charge on any atom is -0.335 e. The third-order valence-electron chi connectivity index (χ3n) is 4.78. The smallest absolute Gasteiger partial charge is 0.264 e. The Morgan fingerprint density at radius 2 is 2.00 bits per heavy atom. The van der Waals surface area contributed by atoms with E-state index in [0.717, 1.165) is 5.56 Å². The van der Waals surface area contributed by atoms with Crippen LogP contribution in [0.25, 0.3) is 0 Å². The highest BCUT2D eigenvalue weighted by atomic mass is 32.1. The molecular formula is C20H23FN2O2S. The summed E-state index contributed by atoms with van der Waals surface area (Å²) in [7, 11) is 0. The first-order valence-electron chi connectivity index (χ1n) is 8.82. The summed E-state index contributed by atoms with van der Waals surface area (Å²) in [5.41, 5.74) is 0.892. The number of hydrogen-bond acceptors (Lipinski definition) is 3. The largest absolute Gasteiger partial charge is 0.335 e. The van der Waals surface area contributed by atoms with E-state index in [1.54, 1.807) is 17.0 Å². The van der Waals surface area contributed by atoms with Crippen molar-refractivity contribution in [2.75, 3.05) is 13.1 Å². The van der Waals surface area contributed by atoms with Crippen LogP contribution in [0, 0.1) is 11.7 Å². The molecule has 1 atom stereocenters. The molecule has 1 aromatic carbocycles. The zero-order chi connectivity index (χ0) is 18.7. The van der Waals surface area contributed by atoms with Gasteiger partial charge >= 0.3 is 0 Å². The summed E-state index contributed by atoms with van der Waals surface area (Å²) in [6, 6.07) is 9.85. The third kappa shape index (κ3) is 4.12. The molecule has 1 aliphatic heterocycles. The van der Waals surface area contributed by atoms with Crippen molar-refractivity contribution in [3.63, 3.8) is 0 Å². The molecule has 138 valence electrons. The van der Waals surface area contributed by atoms with Crippen molar-refractivity contribution < 1.29 is 14.0 Å². The fourth-order valence-electron chi connectivity index (χ4n) is 3.28. The Morgan fingerprint density at radius 3 is 2.62 bits per heavy atom. The summed E-state index contributed by atoms with van der Waals surface area (Å²) < 4.78 is 13.2. The average molecular weight is 374 g/mol.